The minimum absolute atomic E-state index is 0.0208. The van der Waals surface area contributed by atoms with E-state index in [-0.39, 0.29) is 12.5 Å². The molecular weight excluding hydrogens is 268 g/mol. The minimum Gasteiger partial charge on any atom is -0.387 e. The number of aliphatic hydroxyl groups excluding tert-OH is 1. The first kappa shape index (κ1) is 15.5. The maximum absolute atomic E-state index is 12.4. The molecule has 0 bridgehead atoms. The predicted molar refractivity (Wildman–Crippen MR) is 79.7 cm³/mol. The van der Waals surface area contributed by atoms with E-state index in [9.17, 15) is 14.7 Å². The van der Waals surface area contributed by atoms with E-state index in [2.05, 4.69) is 5.32 Å². The Balaban J connectivity index is 2.10. The number of carbonyl (C=O) groups is 2. The van der Waals surface area contributed by atoms with Crippen LogP contribution in [0.1, 0.15) is 43.9 Å². The number of nitrogens with one attached hydrogen (secondary N) is 1. The fourth-order valence-corrected chi connectivity index (χ4v) is 2.65. The average molecular weight is 290 g/mol. The molecule has 1 aliphatic heterocycles. The van der Waals surface area contributed by atoms with Crippen LogP contribution < -0.4 is 5.32 Å². The van der Waals surface area contributed by atoms with Gasteiger partial charge in [0.05, 0.1) is 12.6 Å². The van der Waals surface area contributed by atoms with Crippen LogP contribution in [0.25, 0.3) is 0 Å². The molecule has 0 aromatic heterocycles. The fraction of sp³-hybridized carbons (Fsp3) is 0.500. The van der Waals surface area contributed by atoms with Crippen molar-refractivity contribution in [1.82, 2.24) is 10.2 Å². The largest absolute Gasteiger partial charge is 0.387 e. The molecule has 5 heteroatoms. The zero-order valence-corrected chi connectivity index (χ0v) is 12.7. The van der Waals surface area contributed by atoms with Crippen LogP contribution in [0, 0.1) is 6.92 Å². The molecule has 5 nitrogen and oxygen atoms in total. The van der Waals surface area contributed by atoms with E-state index >= 15 is 0 Å². The second-order valence-electron chi connectivity index (χ2n) is 5.85. The van der Waals surface area contributed by atoms with E-state index in [1.807, 2.05) is 38.1 Å². The van der Waals surface area contributed by atoms with E-state index in [0.717, 1.165) is 16.9 Å². The Kier molecular flexibility index (Phi) is 4.32. The van der Waals surface area contributed by atoms with Gasteiger partial charge < -0.3 is 10.4 Å². The first-order valence-electron chi connectivity index (χ1n) is 7.26. The Morgan fingerprint density at radius 3 is 2.48 bits per heavy atom. The third kappa shape index (κ3) is 3.08. The van der Waals surface area contributed by atoms with E-state index in [1.165, 1.54) is 0 Å². The van der Waals surface area contributed by atoms with Crippen molar-refractivity contribution in [2.24, 2.45) is 0 Å². The van der Waals surface area contributed by atoms with Gasteiger partial charge in [0.15, 0.2) is 0 Å². The van der Waals surface area contributed by atoms with Crippen LogP contribution in [0.4, 0.5) is 4.79 Å². The average Bonchev–Trinajstić information content (AvgIpc) is 2.63. The van der Waals surface area contributed by atoms with Crippen LogP contribution >= 0.6 is 0 Å². The van der Waals surface area contributed by atoms with Gasteiger partial charge in [-0.2, -0.15) is 0 Å². The molecule has 2 N–H and O–H groups in total. The standard InChI is InChI=1S/C16H22N2O3/c1-4-9-16(3)14(20)18(15(21)17-16)10-13(19)12-7-5-11(2)6-8-12/h5-8,13,19H,4,9-10H2,1-3H3,(H,17,21). The number of imide groups is 1. The molecule has 0 radical (unpaired) electrons. The van der Waals surface area contributed by atoms with Gasteiger partial charge in [0.2, 0.25) is 0 Å². The van der Waals surface area contributed by atoms with Crippen LogP contribution in [0.5, 0.6) is 0 Å². The van der Waals surface area contributed by atoms with Crippen LogP contribution in [0.3, 0.4) is 0 Å². The molecule has 0 aliphatic carbocycles. The predicted octanol–water partition coefficient (Wildman–Crippen LogP) is 2.14. The molecule has 1 heterocycles. The lowest BCUT2D eigenvalue weighted by Crippen LogP contribution is -2.44. The molecule has 0 spiro atoms. The van der Waals surface area contributed by atoms with Crippen LogP contribution in [-0.4, -0.2) is 34.0 Å². The second-order valence-corrected chi connectivity index (χ2v) is 5.85. The van der Waals surface area contributed by atoms with Crippen LogP contribution in [-0.2, 0) is 4.79 Å². The topological polar surface area (TPSA) is 69.6 Å². The summed E-state index contributed by atoms with van der Waals surface area (Å²) in [5, 5.41) is 13.0. The number of hydrogen-bond donors (Lipinski definition) is 2. The summed E-state index contributed by atoms with van der Waals surface area (Å²) in [4.78, 5) is 25.5. The molecule has 1 aromatic rings. The molecule has 3 amide bonds. The molecule has 2 atom stereocenters. The van der Waals surface area contributed by atoms with E-state index < -0.39 is 17.7 Å². The van der Waals surface area contributed by atoms with Gasteiger partial charge in [-0.1, -0.05) is 43.2 Å². The molecule has 2 rings (SSSR count). The summed E-state index contributed by atoms with van der Waals surface area (Å²) in [7, 11) is 0. The molecule has 2 unspecified atom stereocenters. The van der Waals surface area contributed by atoms with Gasteiger partial charge in [0, 0.05) is 0 Å². The van der Waals surface area contributed by atoms with Gasteiger partial charge in [0.25, 0.3) is 5.91 Å². The number of urea groups is 1. The van der Waals surface area contributed by atoms with Crippen molar-refractivity contribution in [2.75, 3.05) is 6.54 Å². The maximum Gasteiger partial charge on any atom is 0.325 e. The zero-order chi connectivity index (χ0) is 15.6. The highest BCUT2D eigenvalue weighted by Crippen LogP contribution is 2.25. The summed E-state index contributed by atoms with van der Waals surface area (Å²) in [6.07, 6.45) is 0.523. The number of nitrogens with zero attached hydrogens (tertiary/aromatic N) is 1. The number of hydrogen-bond acceptors (Lipinski definition) is 3. The number of aryl methyl sites for hydroxylation is 1. The molecule has 1 saturated heterocycles. The smallest absolute Gasteiger partial charge is 0.325 e. The summed E-state index contributed by atoms with van der Waals surface area (Å²) >= 11 is 0. The first-order chi connectivity index (χ1) is 9.87. The van der Waals surface area contributed by atoms with Crippen molar-refractivity contribution < 1.29 is 14.7 Å². The normalized spacial score (nSPS) is 23.3. The highest BCUT2D eigenvalue weighted by Gasteiger charge is 2.47. The van der Waals surface area contributed by atoms with Gasteiger partial charge in [-0.05, 0) is 25.8 Å². The lowest BCUT2D eigenvalue weighted by molar-refractivity contribution is -0.132. The lowest BCUT2D eigenvalue weighted by atomic mass is 9.96. The highest BCUT2D eigenvalue weighted by molar-refractivity contribution is 6.06. The number of amides is 3. The van der Waals surface area contributed by atoms with Crippen molar-refractivity contribution in [3.63, 3.8) is 0 Å². The summed E-state index contributed by atoms with van der Waals surface area (Å²) in [5.41, 5.74) is 0.945. The van der Waals surface area contributed by atoms with E-state index in [0.29, 0.717) is 12.0 Å². The number of benzene rings is 1. The molecule has 1 fully saturated rings. The van der Waals surface area contributed by atoms with Crippen LogP contribution in [0.2, 0.25) is 0 Å². The van der Waals surface area contributed by atoms with E-state index in [4.69, 9.17) is 0 Å². The van der Waals surface area contributed by atoms with Gasteiger partial charge in [-0.3, -0.25) is 9.69 Å². The van der Waals surface area contributed by atoms with Crippen molar-refractivity contribution in [3.8, 4) is 0 Å². The van der Waals surface area contributed by atoms with E-state index in [1.54, 1.807) is 6.92 Å². The molecule has 114 valence electrons. The molecular formula is C16H22N2O3. The summed E-state index contributed by atoms with van der Waals surface area (Å²) < 4.78 is 0. The third-order valence-corrected chi connectivity index (χ3v) is 3.91. The van der Waals surface area contributed by atoms with Crippen molar-refractivity contribution in [1.29, 1.82) is 0 Å². The number of β-amino-alcohol motifs (C(OH)–C–C–N with tert-alkyl or cyclic N) is 1. The Morgan fingerprint density at radius 2 is 1.90 bits per heavy atom. The van der Waals surface area contributed by atoms with Crippen molar-refractivity contribution in [2.45, 2.75) is 45.3 Å². The Labute approximate surface area is 125 Å². The second kappa shape index (κ2) is 5.85. The molecule has 1 aromatic carbocycles. The fourth-order valence-electron chi connectivity index (χ4n) is 2.65. The maximum atomic E-state index is 12.4. The third-order valence-electron chi connectivity index (χ3n) is 3.91. The number of rotatable bonds is 5. The van der Waals surface area contributed by atoms with Gasteiger partial charge >= 0.3 is 6.03 Å². The Bertz CT molecular complexity index is 541. The summed E-state index contributed by atoms with van der Waals surface area (Å²) in [6.45, 7) is 5.64. The monoisotopic (exact) mass is 290 g/mol. The quantitative estimate of drug-likeness (QED) is 0.816. The van der Waals surface area contributed by atoms with Gasteiger partial charge in [-0.15, -0.1) is 0 Å². The Morgan fingerprint density at radius 1 is 1.29 bits per heavy atom. The SMILES string of the molecule is CCCC1(C)NC(=O)N(CC(O)c2ccc(C)cc2)C1=O. The first-order valence-corrected chi connectivity index (χ1v) is 7.26. The molecule has 1 aliphatic rings. The van der Waals surface area contributed by atoms with Gasteiger partial charge in [0.1, 0.15) is 5.54 Å². The summed E-state index contributed by atoms with van der Waals surface area (Å²) in [6, 6.07) is 6.98. The summed E-state index contributed by atoms with van der Waals surface area (Å²) in [5.74, 6) is -0.263. The lowest BCUT2D eigenvalue weighted by Gasteiger charge is -2.22. The number of carbonyl (C=O) groups excluding carboxylic acids is 2. The van der Waals surface area contributed by atoms with Crippen molar-refractivity contribution >= 4 is 11.9 Å². The van der Waals surface area contributed by atoms with Gasteiger partial charge in [-0.25, -0.2) is 4.79 Å². The highest BCUT2D eigenvalue weighted by atomic mass is 16.3. The minimum atomic E-state index is -0.871. The Hall–Kier alpha value is -1.88. The van der Waals surface area contributed by atoms with Crippen LogP contribution in [0.15, 0.2) is 24.3 Å². The van der Waals surface area contributed by atoms with Crippen molar-refractivity contribution in [3.05, 3.63) is 35.4 Å². The number of aliphatic hydroxyl groups is 1. The molecule has 0 saturated carbocycles. The zero-order valence-electron chi connectivity index (χ0n) is 12.7. The molecule has 21 heavy (non-hydrogen) atoms.